The van der Waals surface area contributed by atoms with Gasteiger partial charge in [0.15, 0.2) is 11.5 Å². The molecule has 1 heterocycles. The summed E-state index contributed by atoms with van der Waals surface area (Å²) in [5.41, 5.74) is 6.46. The summed E-state index contributed by atoms with van der Waals surface area (Å²) in [5.74, 6) is 0.910. The topological polar surface area (TPSA) is 64.8 Å². The van der Waals surface area contributed by atoms with E-state index in [1.54, 1.807) is 24.1 Å². The first-order chi connectivity index (χ1) is 11.1. The van der Waals surface area contributed by atoms with E-state index < -0.39 is 0 Å². The summed E-state index contributed by atoms with van der Waals surface area (Å²) in [6.07, 6.45) is 3.85. The van der Waals surface area contributed by atoms with E-state index in [1.165, 1.54) is 0 Å². The highest BCUT2D eigenvalue weighted by Gasteiger charge is 2.24. The first-order valence-corrected chi connectivity index (χ1v) is 8.49. The Morgan fingerprint density at radius 2 is 2.26 bits per heavy atom. The lowest BCUT2D eigenvalue weighted by atomic mass is 10.1. The van der Waals surface area contributed by atoms with Crippen LogP contribution in [0.2, 0.25) is 5.02 Å². The van der Waals surface area contributed by atoms with Crippen molar-refractivity contribution < 1.29 is 14.3 Å². The Morgan fingerprint density at radius 3 is 2.91 bits per heavy atom. The molecular formula is C17H25ClN2O3. The zero-order valence-electron chi connectivity index (χ0n) is 13.8. The molecule has 2 N–H and O–H groups in total. The molecule has 0 aromatic heterocycles. The number of hydrogen-bond acceptors (Lipinski definition) is 4. The Balaban J connectivity index is 2.19. The third-order valence-electron chi connectivity index (χ3n) is 3.97. The fourth-order valence-electron chi connectivity index (χ4n) is 2.68. The average molecular weight is 341 g/mol. The maximum absolute atomic E-state index is 12.7. The van der Waals surface area contributed by atoms with E-state index in [0.717, 1.165) is 32.2 Å². The second-order valence-corrected chi connectivity index (χ2v) is 6.25. The largest absolute Gasteiger partial charge is 0.493 e. The SMILES string of the molecule is CCCCOc1c(Cl)cc(C(=O)N2CCC[C@H](N)C2)cc1OC. The number of benzene rings is 1. The van der Waals surface area contributed by atoms with Crippen LogP contribution in [-0.4, -0.2) is 43.7 Å². The molecule has 1 aliphatic rings. The van der Waals surface area contributed by atoms with Crippen molar-refractivity contribution in [2.75, 3.05) is 26.8 Å². The maximum atomic E-state index is 12.7. The number of hydrogen-bond donors (Lipinski definition) is 1. The van der Waals surface area contributed by atoms with Gasteiger partial charge in [0.25, 0.3) is 5.91 Å². The number of piperidine rings is 1. The number of carbonyl (C=O) groups excluding carboxylic acids is 1. The van der Waals surface area contributed by atoms with Gasteiger partial charge in [0.2, 0.25) is 0 Å². The van der Waals surface area contributed by atoms with Gasteiger partial charge >= 0.3 is 0 Å². The van der Waals surface area contributed by atoms with Gasteiger partial charge in [-0.05, 0) is 31.4 Å². The van der Waals surface area contributed by atoms with Gasteiger partial charge in [0.05, 0.1) is 18.7 Å². The van der Waals surface area contributed by atoms with E-state index >= 15 is 0 Å². The fraction of sp³-hybridized carbons (Fsp3) is 0.588. The van der Waals surface area contributed by atoms with Gasteiger partial charge in [-0.2, -0.15) is 0 Å². The predicted molar refractivity (Wildman–Crippen MR) is 91.5 cm³/mol. The first-order valence-electron chi connectivity index (χ1n) is 8.12. The number of ether oxygens (including phenoxy) is 2. The smallest absolute Gasteiger partial charge is 0.254 e. The predicted octanol–water partition coefficient (Wildman–Crippen LogP) is 3.09. The molecule has 0 saturated carbocycles. The number of unbranched alkanes of at least 4 members (excludes halogenated alkanes) is 1. The Morgan fingerprint density at radius 1 is 1.48 bits per heavy atom. The maximum Gasteiger partial charge on any atom is 0.254 e. The monoisotopic (exact) mass is 340 g/mol. The van der Waals surface area contributed by atoms with Crippen LogP contribution < -0.4 is 15.2 Å². The Hall–Kier alpha value is -1.46. The minimum absolute atomic E-state index is 0.0433. The molecule has 1 aromatic carbocycles. The van der Waals surface area contributed by atoms with Crippen LogP contribution in [0.5, 0.6) is 11.5 Å². The molecule has 0 bridgehead atoms. The van der Waals surface area contributed by atoms with Crippen LogP contribution in [0.4, 0.5) is 0 Å². The minimum atomic E-state index is -0.0690. The Labute approximate surface area is 142 Å². The molecule has 6 heteroatoms. The van der Waals surface area contributed by atoms with Crippen molar-refractivity contribution in [3.8, 4) is 11.5 Å². The molecule has 1 aliphatic heterocycles. The number of halogens is 1. The van der Waals surface area contributed by atoms with Crippen LogP contribution in [0, 0.1) is 0 Å². The molecule has 1 amide bonds. The number of amides is 1. The third kappa shape index (κ3) is 4.52. The van der Waals surface area contributed by atoms with Crippen LogP contribution >= 0.6 is 11.6 Å². The average Bonchev–Trinajstić information content (AvgIpc) is 2.55. The molecule has 0 spiro atoms. The zero-order valence-corrected chi connectivity index (χ0v) is 14.6. The van der Waals surface area contributed by atoms with Crippen molar-refractivity contribution in [1.29, 1.82) is 0 Å². The highest BCUT2D eigenvalue weighted by atomic mass is 35.5. The third-order valence-corrected chi connectivity index (χ3v) is 4.25. The molecule has 23 heavy (non-hydrogen) atoms. The summed E-state index contributed by atoms with van der Waals surface area (Å²) in [7, 11) is 1.55. The van der Waals surface area contributed by atoms with E-state index in [1.807, 2.05) is 0 Å². The quantitative estimate of drug-likeness (QED) is 0.808. The molecule has 0 unspecified atom stereocenters. The van der Waals surface area contributed by atoms with Crippen molar-refractivity contribution in [1.82, 2.24) is 4.90 Å². The minimum Gasteiger partial charge on any atom is -0.493 e. The number of nitrogens with zero attached hydrogens (tertiary/aromatic N) is 1. The van der Waals surface area contributed by atoms with E-state index in [-0.39, 0.29) is 11.9 Å². The second-order valence-electron chi connectivity index (χ2n) is 5.84. The molecule has 5 nitrogen and oxygen atoms in total. The lowest BCUT2D eigenvalue weighted by molar-refractivity contribution is 0.0708. The van der Waals surface area contributed by atoms with Crippen molar-refractivity contribution in [3.63, 3.8) is 0 Å². The molecule has 0 aliphatic carbocycles. The Kier molecular flexibility index (Phi) is 6.54. The van der Waals surface area contributed by atoms with Crippen molar-refractivity contribution >= 4 is 17.5 Å². The summed E-state index contributed by atoms with van der Waals surface area (Å²) in [6, 6.07) is 3.38. The number of methoxy groups -OCH3 is 1. The lowest BCUT2D eigenvalue weighted by Gasteiger charge is -2.31. The van der Waals surface area contributed by atoms with Gasteiger partial charge in [0, 0.05) is 24.7 Å². The highest BCUT2D eigenvalue weighted by molar-refractivity contribution is 6.32. The highest BCUT2D eigenvalue weighted by Crippen LogP contribution is 2.37. The van der Waals surface area contributed by atoms with E-state index in [2.05, 4.69) is 6.92 Å². The van der Waals surface area contributed by atoms with Crippen molar-refractivity contribution in [2.24, 2.45) is 5.73 Å². The van der Waals surface area contributed by atoms with Gasteiger partial charge in [-0.3, -0.25) is 4.79 Å². The molecule has 0 radical (unpaired) electrons. The van der Waals surface area contributed by atoms with Gasteiger partial charge < -0.3 is 20.1 Å². The normalized spacial score (nSPS) is 17.9. The summed E-state index contributed by atoms with van der Waals surface area (Å²) in [4.78, 5) is 14.4. The van der Waals surface area contributed by atoms with Gasteiger partial charge in [0.1, 0.15) is 0 Å². The summed E-state index contributed by atoms with van der Waals surface area (Å²) in [5, 5.41) is 0.394. The van der Waals surface area contributed by atoms with E-state index in [4.69, 9.17) is 26.8 Å². The number of likely N-dealkylation sites (tertiary alicyclic amines) is 1. The molecule has 1 atom stereocenters. The summed E-state index contributed by atoms with van der Waals surface area (Å²) < 4.78 is 11.0. The van der Waals surface area contributed by atoms with E-state index in [9.17, 15) is 4.79 Å². The molecule has 2 rings (SSSR count). The Bertz CT molecular complexity index is 551. The standard InChI is InChI=1S/C17H25ClN2O3/c1-3-4-8-23-16-14(18)9-12(10-15(16)22-2)17(21)20-7-5-6-13(19)11-20/h9-10,13H,3-8,11,19H2,1-2H3/t13-/m0/s1. The zero-order chi connectivity index (χ0) is 16.8. The summed E-state index contributed by atoms with van der Waals surface area (Å²) >= 11 is 6.30. The van der Waals surface area contributed by atoms with Crippen LogP contribution in [0.25, 0.3) is 0 Å². The van der Waals surface area contributed by atoms with Gasteiger partial charge in [-0.1, -0.05) is 24.9 Å². The van der Waals surface area contributed by atoms with Crippen LogP contribution in [0.15, 0.2) is 12.1 Å². The molecule has 1 saturated heterocycles. The molecule has 1 fully saturated rings. The van der Waals surface area contributed by atoms with Crippen molar-refractivity contribution in [2.45, 2.75) is 38.6 Å². The van der Waals surface area contributed by atoms with Gasteiger partial charge in [-0.25, -0.2) is 0 Å². The van der Waals surface area contributed by atoms with Crippen LogP contribution in [0.1, 0.15) is 43.0 Å². The lowest BCUT2D eigenvalue weighted by Crippen LogP contribution is -2.45. The molecule has 128 valence electrons. The van der Waals surface area contributed by atoms with Crippen molar-refractivity contribution in [3.05, 3.63) is 22.7 Å². The number of nitrogens with two attached hydrogens (primary N) is 1. The van der Waals surface area contributed by atoms with E-state index in [0.29, 0.717) is 35.2 Å². The number of carbonyl (C=O) groups is 1. The molecular weight excluding hydrogens is 316 g/mol. The first kappa shape index (κ1) is 17.9. The summed E-state index contributed by atoms with van der Waals surface area (Å²) in [6.45, 7) is 3.96. The van der Waals surface area contributed by atoms with Gasteiger partial charge in [-0.15, -0.1) is 0 Å². The second kappa shape index (κ2) is 8.41. The van der Waals surface area contributed by atoms with Crippen LogP contribution in [-0.2, 0) is 0 Å². The van der Waals surface area contributed by atoms with Crippen LogP contribution in [0.3, 0.4) is 0 Å². The fourth-order valence-corrected chi connectivity index (χ4v) is 2.94. The number of rotatable bonds is 6. The molecule has 1 aromatic rings.